The van der Waals surface area contributed by atoms with Crippen LogP contribution in [0, 0.1) is 46.3 Å². The summed E-state index contributed by atoms with van der Waals surface area (Å²) in [5, 5.41) is 0. The fourth-order valence-electron chi connectivity index (χ4n) is 12.2. The molecule has 3 heteroatoms. The summed E-state index contributed by atoms with van der Waals surface area (Å²) in [4.78, 5) is 0. The lowest BCUT2D eigenvalue weighted by atomic mass is 9.47. The van der Waals surface area contributed by atoms with Gasteiger partial charge in [-0.3, -0.25) is 0 Å². The van der Waals surface area contributed by atoms with Gasteiger partial charge < -0.3 is 14.2 Å². The molecule has 2 aromatic carbocycles. The number of rotatable bonds is 22. The molecule has 6 rings (SSSR count). The Morgan fingerprint density at radius 3 is 1.89 bits per heavy atom. The van der Waals surface area contributed by atoms with Gasteiger partial charge in [-0.2, -0.15) is 0 Å². The van der Waals surface area contributed by atoms with Crippen molar-refractivity contribution in [2.45, 2.75) is 176 Å². The van der Waals surface area contributed by atoms with Crippen molar-refractivity contribution in [3.63, 3.8) is 0 Å². The van der Waals surface area contributed by atoms with E-state index in [1.807, 2.05) is 0 Å². The molecule has 306 valence electrons. The van der Waals surface area contributed by atoms with Crippen LogP contribution in [0.4, 0.5) is 0 Å². The molecule has 0 N–H and O–H groups in total. The lowest BCUT2D eigenvalue weighted by molar-refractivity contribution is -0.0641. The van der Waals surface area contributed by atoms with Crippen molar-refractivity contribution in [3.05, 3.63) is 60.2 Å². The quantitative estimate of drug-likeness (QED) is 0.0885. The van der Waals surface area contributed by atoms with Crippen LogP contribution in [0.5, 0.6) is 11.5 Å². The number of fused-ring (bicyclic) bond motifs is 5. The minimum absolute atomic E-state index is 0.421. The third-order valence-electron chi connectivity index (χ3n) is 15.5. The maximum absolute atomic E-state index is 6.57. The summed E-state index contributed by atoms with van der Waals surface area (Å²) in [7, 11) is 0. The highest BCUT2D eigenvalue weighted by atomic mass is 16.5. The number of allylic oxidation sites excluding steroid dienone is 1. The molecule has 8 atom stereocenters. The first-order chi connectivity index (χ1) is 26.7. The van der Waals surface area contributed by atoms with Gasteiger partial charge in [0.15, 0.2) is 0 Å². The molecular formula is C52H80O3. The number of benzene rings is 2. The van der Waals surface area contributed by atoms with E-state index in [4.69, 9.17) is 14.2 Å². The van der Waals surface area contributed by atoms with Crippen LogP contribution < -0.4 is 9.47 Å². The van der Waals surface area contributed by atoms with Crippen molar-refractivity contribution in [2.24, 2.45) is 46.3 Å². The van der Waals surface area contributed by atoms with E-state index >= 15 is 0 Å². The van der Waals surface area contributed by atoms with Gasteiger partial charge in [0.2, 0.25) is 0 Å². The molecule has 3 saturated carbocycles. The van der Waals surface area contributed by atoms with Gasteiger partial charge in [0.1, 0.15) is 11.5 Å². The highest BCUT2D eigenvalue weighted by molar-refractivity contribution is 5.64. The van der Waals surface area contributed by atoms with Crippen molar-refractivity contribution in [3.8, 4) is 22.6 Å². The summed E-state index contributed by atoms with van der Waals surface area (Å²) >= 11 is 0. The normalized spacial score (nSPS) is 29.3. The van der Waals surface area contributed by atoms with E-state index in [0.29, 0.717) is 16.9 Å². The van der Waals surface area contributed by atoms with Gasteiger partial charge in [0.25, 0.3) is 0 Å². The predicted octanol–water partition coefficient (Wildman–Crippen LogP) is 15.1. The minimum atomic E-state index is 0.421. The van der Waals surface area contributed by atoms with E-state index in [-0.39, 0.29) is 0 Å². The lowest BCUT2D eigenvalue weighted by Crippen LogP contribution is -2.51. The zero-order valence-electron chi connectivity index (χ0n) is 36.2. The summed E-state index contributed by atoms with van der Waals surface area (Å²) < 4.78 is 18.6. The Morgan fingerprint density at radius 2 is 1.25 bits per heavy atom. The number of unbranched alkanes of at least 4 members (excludes halogenated alkanes) is 7. The largest absolute Gasteiger partial charge is 0.494 e. The van der Waals surface area contributed by atoms with E-state index in [0.717, 1.165) is 79.7 Å². The molecule has 55 heavy (non-hydrogen) atoms. The predicted molar refractivity (Wildman–Crippen MR) is 233 cm³/mol. The molecule has 2 aromatic rings. The average molecular weight is 753 g/mol. The van der Waals surface area contributed by atoms with Crippen molar-refractivity contribution in [1.82, 2.24) is 0 Å². The van der Waals surface area contributed by atoms with Crippen LogP contribution in [0.15, 0.2) is 60.2 Å². The highest BCUT2D eigenvalue weighted by Gasteiger charge is 2.59. The minimum Gasteiger partial charge on any atom is -0.494 e. The average Bonchev–Trinajstić information content (AvgIpc) is 3.55. The van der Waals surface area contributed by atoms with Gasteiger partial charge in [-0.25, -0.2) is 0 Å². The van der Waals surface area contributed by atoms with E-state index in [1.54, 1.807) is 5.57 Å². The van der Waals surface area contributed by atoms with Crippen LogP contribution in [0.2, 0.25) is 0 Å². The van der Waals surface area contributed by atoms with Crippen LogP contribution in [0.25, 0.3) is 11.1 Å². The van der Waals surface area contributed by atoms with Crippen LogP contribution in [0.3, 0.4) is 0 Å². The molecule has 0 amide bonds. The first-order valence-electron chi connectivity index (χ1n) is 23.5. The van der Waals surface area contributed by atoms with Crippen molar-refractivity contribution >= 4 is 0 Å². The fraction of sp³-hybridized carbons (Fsp3) is 0.731. The molecule has 0 saturated heterocycles. The van der Waals surface area contributed by atoms with Crippen molar-refractivity contribution in [2.75, 3.05) is 19.8 Å². The van der Waals surface area contributed by atoms with Gasteiger partial charge in [0, 0.05) is 6.61 Å². The van der Waals surface area contributed by atoms with Gasteiger partial charge in [-0.05, 0) is 152 Å². The number of ether oxygens (including phenoxy) is 3. The molecular weight excluding hydrogens is 673 g/mol. The topological polar surface area (TPSA) is 27.7 Å². The number of hydrogen-bond acceptors (Lipinski definition) is 3. The summed E-state index contributed by atoms with van der Waals surface area (Å²) in [6.45, 7) is 17.5. The van der Waals surface area contributed by atoms with E-state index < -0.39 is 0 Å². The first-order valence-corrected chi connectivity index (χ1v) is 23.5. The second-order valence-corrected chi connectivity index (χ2v) is 19.6. The van der Waals surface area contributed by atoms with Gasteiger partial charge in [0.05, 0.1) is 19.3 Å². The second-order valence-electron chi connectivity index (χ2n) is 19.6. The van der Waals surface area contributed by atoms with E-state index in [2.05, 4.69) is 96.1 Å². The van der Waals surface area contributed by atoms with E-state index in [1.165, 1.54) is 127 Å². The smallest absolute Gasteiger partial charge is 0.119 e. The Bertz CT molecular complexity index is 1440. The summed E-state index contributed by atoms with van der Waals surface area (Å²) in [5.41, 5.74) is 5.19. The Hall–Kier alpha value is -2.26. The third kappa shape index (κ3) is 10.8. The molecule has 0 unspecified atom stereocenters. The molecule has 3 nitrogen and oxygen atoms in total. The molecule has 4 aliphatic rings. The molecule has 0 aromatic heterocycles. The molecule has 0 bridgehead atoms. The fourth-order valence-corrected chi connectivity index (χ4v) is 12.2. The Morgan fingerprint density at radius 1 is 0.636 bits per heavy atom. The molecule has 0 heterocycles. The van der Waals surface area contributed by atoms with Gasteiger partial charge in [-0.1, -0.05) is 135 Å². The highest BCUT2D eigenvalue weighted by Crippen LogP contribution is 2.67. The maximum Gasteiger partial charge on any atom is 0.119 e. The Kier molecular flexibility index (Phi) is 15.7. The maximum atomic E-state index is 6.57. The molecule has 3 fully saturated rings. The standard InChI is InChI=1S/C52H80O3/c1-7-8-9-13-35-53-44-24-19-41(20-25-44)42-21-26-45(27-22-42)54-36-14-11-10-12-15-37-55-46-31-33-51(5)43(38-46)23-28-47-49-30-29-48(40(4)18-16-17-39(2)3)52(49,6)34-32-50(47)51/h19-27,39-40,46-50H,7-18,28-38H2,1-6H3/t40-,46+,47+,48-,49+,50+,51+,52-/m1/s1. The Labute approximate surface area is 338 Å². The Balaban J connectivity index is 0.836. The van der Waals surface area contributed by atoms with Crippen molar-refractivity contribution < 1.29 is 14.2 Å². The van der Waals surface area contributed by atoms with Crippen LogP contribution in [-0.2, 0) is 4.74 Å². The molecule has 4 aliphatic carbocycles. The zero-order chi connectivity index (χ0) is 38.7. The monoisotopic (exact) mass is 753 g/mol. The first kappa shape index (κ1) is 42.3. The van der Waals surface area contributed by atoms with Gasteiger partial charge in [-0.15, -0.1) is 0 Å². The molecule has 0 radical (unpaired) electrons. The molecule has 0 aliphatic heterocycles. The van der Waals surface area contributed by atoms with Crippen LogP contribution in [0.1, 0.15) is 170 Å². The van der Waals surface area contributed by atoms with E-state index in [9.17, 15) is 0 Å². The van der Waals surface area contributed by atoms with Crippen LogP contribution in [-0.4, -0.2) is 25.9 Å². The summed E-state index contributed by atoms with van der Waals surface area (Å²) in [5.74, 6) is 7.38. The molecule has 0 spiro atoms. The third-order valence-corrected chi connectivity index (χ3v) is 15.5. The summed E-state index contributed by atoms with van der Waals surface area (Å²) in [6.07, 6.45) is 29.5. The number of hydrogen-bond donors (Lipinski definition) is 0. The van der Waals surface area contributed by atoms with Crippen molar-refractivity contribution in [1.29, 1.82) is 0 Å². The second kappa shape index (κ2) is 20.4. The zero-order valence-corrected chi connectivity index (χ0v) is 36.2. The summed E-state index contributed by atoms with van der Waals surface area (Å²) in [6, 6.07) is 17.0. The van der Waals surface area contributed by atoms with Gasteiger partial charge >= 0.3 is 0 Å². The van der Waals surface area contributed by atoms with Crippen LogP contribution >= 0.6 is 0 Å². The SMILES string of the molecule is CCCCCCOc1ccc(-c2ccc(OCCCCCCCO[C@H]3CC[C@@]4(C)C(=CC[C@H]5[C@@H]6CC[C@H]([C@H](C)CCCC(C)C)[C@@]6(C)CC[C@@H]54)C3)cc2)cc1. The lowest BCUT2D eigenvalue weighted by Gasteiger charge is -2.58.